The van der Waals surface area contributed by atoms with Crippen molar-refractivity contribution < 1.29 is 64.6 Å². The van der Waals surface area contributed by atoms with E-state index in [2.05, 4.69) is 38.6 Å². The Hall–Kier alpha value is -6.13. The predicted molar refractivity (Wildman–Crippen MR) is 256 cm³/mol. The predicted octanol–water partition coefficient (Wildman–Crippen LogP) is 5.26. The van der Waals surface area contributed by atoms with Gasteiger partial charge in [-0.2, -0.15) is 0 Å². The monoisotopic (exact) mass is 1000 g/mol. The topological polar surface area (TPSA) is 302 Å². The van der Waals surface area contributed by atoms with Crippen molar-refractivity contribution in [2.24, 2.45) is 17.6 Å². The molecule has 380 valence electrons. The first-order valence-corrected chi connectivity index (χ1v) is 25.5. The quantitative estimate of drug-likeness (QED) is 0.0320. The Morgan fingerprint density at radius 1 is 0.638 bits per heavy atom. The highest BCUT2D eigenvalue weighted by Crippen LogP contribution is 2.45. The van der Waals surface area contributed by atoms with Crippen LogP contribution in [0.25, 0.3) is 0 Å². The number of methoxy groups -OCH3 is 2. The molecule has 0 saturated heterocycles. The fraction of sp³-hybridized carbons (Fsp3) is 0.511. The van der Waals surface area contributed by atoms with E-state index in [1.807, 2.05) is 9.44 Å². The molecule has 4 atom stereocenters. The number of benzene rings is 2. The number of anilines is 2. The number of unbranched alkanes of at least 4 members (excludes halogenated alkanes) is 6. The van der Waals surface area contributed by atoms with Gasteiger partial charge in [0.25, 0.3) is 31.9 Å². The van der Waals surface area contributed by atoms with E-state index in [0.717, 1.165) is 25.7 Å². The maximum absolute atomic E-state index is 13.2. The van der Waals surface area contributed by atoms with Gasteiger partial charge in [0.05, 0.1) is 25.6 Å². The third kappa shape index (κ3) is 17.7. The van der Waals surface area contributed by atoms with E-state index in [4.69, 9.17) is 10.5 Å². The number of hydrogen-bond donors (Lipinski definition) is 6. The number of para-hydroxylation sites is 2. The smallest absolute Gasteiger partial charge is 0.408 e. The van der Waals surface area contributed by atoms with Crippen LogP contribution >= 0.6 is 0 Å². The van der Waals surface area contributed by atoms with Gasteiger partial charge in [-0.15, -0.1) is 13.2 Å². The molecule has 2 aromatic carbocycles. The molecule has 0 spiro atoms. The van der Waals surface area contributed by atoms with Gasteiger partial charge in [0.15, 0.2) is 0 Å². The minimum Gasteiger partial charge on any atom is -0.469 e. The molecular formula is C47H66N6O14S2. The molecule has 4 rings (SSSR count). The number of nitrogens with one attached hydrogen (secondary N) is 5. The Morgan fingerprint density at radius 2 is 1.04 bits per heavy atom. The van der Waals surface area contributed by atoms with E-state index in [9.17, 15) is 50.4 Å². The zero-order chi connectivity index (χ0) is 51.6. The molecule has 2 aromatic rings. The number of hydrogen-bond acceptors (Lipinski definition) is 15. The van der Waals surface area contributed by atoms with Crippen LogP contribution < -0.4 is 31.1 Å². The fourth-order valence-electron chi connectivity index (χ4n) is 6.97. The first-order chi connectivity index (χ1) is 32.4. The lowest BCUT2D eigenvalue weighted by molar-refractivity contribution is -0.141. The lowest BCUT2D eigenvalue weighted by Gasteiger charge is -2.23. The van der Waals surface area contributed by atoms with Crippen LogP contribution in [0.5, 0.6) is 0 Å². The van der Waals surface area contributed by atoms with Crippen molar-refractivity contribution in [2.75, 3.05) is 24.9 Å². The van der Waals surface area contributed by atoms with Crippen molar-refractivity contribution in [1.82, 2.24) is 14.8 Å². The summed E-state index contributed by atoms with van der Waals surface area (Å²) in [4.78, 5) is 84.1. The van der Waals surface area contributed by atoms with E-state index in [1.165, 1.54) is 62.8 Å². The molecule has 2 aliphatic carbocycles. The van der Waals surface area contributed by atoms with Crippen molar-refractivity contribution in [3.8, 4) is 0 Å². The van der Waals surface area contributed by atoms with Crippen LogP contribution in [0, 0.1) is 11.8 Å². The number of amides is 5. The van der Waals surface area contributed by atoms with Crippen molar-refractivity contribution in [2.45, 2.75) is 137 Å². The molecule has 20 nitrogen and oxygen atoms in total. The van der Waals surface area contributed by atoms with E-state index in [0.29, 0.717) is 44.9 Å². The highest BCUT2D eigenvalue weighted by atomic mass is 32.2. The van der Waals surface area contributed by atoms with Gasteiger partial charge < -0.3 is 35.9 Å². The van der Waals surface area contributed by atoms with Crippen LogP contribution in [-0.2, 0) is 63.0 Å². The number of sulfonamides is 2. The van der Waals surface area contributed by atoms with Crippen molar-refractivity contribution in [3.63, 3.8) is 0 Å². The summed E-state index contributed by atoms with van der Waals surface area (Å²) in [6.07, 6.45) is 9.15. The zero-order valence-electron chi connectivity index (χ0n) is 39.9. The average molecular weight is 1000 g/mol. The van der Waals surface area contributed by atoms with E-state index >= 15 is 0 Å². The number of alkyl carbamates (subject to hydrolysis) is 1. The first-order valence-electron chi connectivity index (χ1n) is 22.5. The minimum atomic E-state index is -4.41. The summed E-state index contributed by atoms with van der Waals surface area (Å²) in [6.45, 7) is 12.2. The summed E-state index contributed by atoms with van der Waals surface area (Å²) in [5.74, 6) is -3.74. The van der Waals surface area contributed by atoms with Gasteiger partial charge in [-0.05, 0) is 83.6 Å². The SMILES string of the molecule is C=C[C@@H]1C[C@]1(N)C(=O)NS(=O)(=O)c1ccccc1NC(=O)CCCCCCC(=O)OC.C=C[C@@H]1C[C@]1(NC(=O)OC(C)(C)C)C(=O)NS(=O)(=O)c1ccccc1NC(=O)CCCCCCC(=O)OC. The van der Waals surface area contributed by atoms with Crippen LogP contribution in [0.2, 0.25) is 0 Å². The van der Waals surface area contributed by atoms with Gasteiger partial charge in [0, 0.05) is 37.5 Å². The Kier molecular flexibility index (Phi) is 21.1. The van der Waals surface area contributed by atoms with Gasteiger partial charge >= 0.3 is 18.0 Å². The zero-order valence-corrected chi connectivity index (χ0v) is 41.5. The standard InChI is InChI=1S/C26H37N3O8S.C21H29N3O6S/c1-6-18-17-26(18,28-24(33)37-25(2,3)4)23(32)29-38(34,35)20-14-12-11-13-19(20)27-21(30)15-9-7-8-10-16-22(31)36-5;1-3-15-14-21(15,22)20(27)24-31(28,29)17-11-9-8-10-16(17)23-18(25)12-6-4-5-7-13-19(26)30-2/h6,11-14,18H,1,7-10,15-17H2,2-5H3,(H,27,30)(H,28,33)(H,29,32);3,8-11,15H,1,4-7,12-14,22H2,2H3,(H,23,25)(H,24,27)/t18-,26-;15-,21-/m11/s1. The van der Waals surface area contributed by atoms with E-state index in [-0.39, 0.29) is 70.1 Å². The number of rotatable bonds is 25. The molecule has 0 heterocycles. The van der Waals surface area contributed by atoms with Gasteiger partial charge in [-0.3, -0.25) is 28.8 Å². The summed E-state index contributed by atoms with van der Waals surface area (Å²) in [5.41, 5.74) is 2.43. The molecule has 5 amide bonds. The molecule has 2 aliphatic rings. The summed E-state index contributed by atoms with van der Waals surface area (Å²) in [7, 11) is -5.96. The minimum absolute atomic E-state index is 0.0220. The molecule has 0 unspecified atom stereocenters. The molecule has 2 fully saturated rings. The summed E-state index contributed by atoms with van der Waals surface area (Å²) in [6, 6.07) is 11.6. The number of esters is 2. The number of nitrogens with two attached hydrogens (primary N) is 1. The highest BCUT2D eigenvalue weighted by Gasteiger charge is 2.61. The Morgan fingerprint density at radius 3 is 1.42 bits per heavy atom. The molecule has 0 bridgehead atoms. The second kappa shape index (κ2) is 25.5. The van der Waals surface area contributed by atoms with Crippen LogP contribution in [0.4, 0.5) is 16.2 Å². The fourth-order valence-corrected chi connectivity index (χ4v) is 9.39. The normalized spacial score (nSPS) is 19.2. The molecule has 22 heteroatoms. The third-order valence-electron chi connectivity index (χ3n) is 11.1. The van der Waals surface area contributed by atoms with Crippen molar-refractivity contribution in [3.05, 3.63) is 73.8 Å². The van der Waals surface area contributed by atoms with Crippen LogP contribution in [0.1, 0.15) is 111 Å². The Labute approximate surface area is 404 Å². The number of ether oxygens (including phenoxy) is 3. The van der Waals surface area contributed by atoms with Crippen LogP contribution in [0.3, 0.4) is 0 Å². The lowest BCUT2D eigenvalue weighted by Crippen LogP contribution is -2.52. The maximum Gasteiger partial charge on any atom is 0.408 e. The van der Waals surface area contributed by atoms with Crippen molar-refractivity contribution >= 4 is 73.1 Å². The van der Waals surface area contributed by atoms with Crippen LogP contribution in [0.15, 0.2) is 83.6 Å². The maximum atomic E-state index is 13.2. The van der Waals surface area contributed by atoms with Gasteiger partial charge in [-0.1, -0.05) is 62.1 Å². The first kappa shape index (κ1) is 57.2. The lowest BCUT2D eigenvalue weighted by atomic mass is 10.1. The van der Waals surface area contributed by atoms with E-state index in [1.54, 1.807) is 32.9 Å². The van der Waals surface area contributed by atoms with Gasteiger partial charge in [-0.25, -0.2) is 31.1 Å². The van der Waals surface area contributed by atoms with Crippen molar-refractivity contribution in [1.29, 1.82) is 0 Å². The second-order valence-electron chi connectivity index (χ2n) is 17.7. The van der Waals surface area contributed by atoms with Gasteiger partial charge in [0.2, 0.25) is 11.8 Å². The summed E-state index contributed by atoms with van der Waals surface area (Å²) in [5, 5.41) is 7.67. The summed E-state index contributed by atoms with van der Waals surface area (Å²) >= 11 is 0. The molecule has 2 saturated carbocycles. The summed E-state index contributed by atoms with van der Waals surface area (Å²) < 4.78 is 70.2. The number of carbonyl (C=O) groups excluding carboxylic acids is 7. The largest absolute Gasteiger partial charge is 0.469 e. The van der Waals surface area contributed by atoms with Crippen LogP contribution in [-0.4, -0.2) is 89.4 Å². The van der Waals surface area contributed by atoms with Gasteiger partial charge in [0.1, 0.15) is 26.5 Å². The molecule has 69 heavy (non-hydrogen) atoms. The molecule has 7 N–H and O–H groups in total. The molecule has 0 aliphatic heterocycles. The van der Waals surface area contributed by atoms with E-state index < -0.39 is 60.6 Å². The highest BCUT2D eigenvalue weighted by molar-refractivity contribution is 7.90. The number of carbonyl (C=O) groups is 7. The second-order valence-corrected chi connectivity index (χ2v) is 21.0. The third-order valence-corrected chi connectivity index (χ3v) is 13.9. The molecular weight excluding hydrogens is 937 g/mol. The molecule has 0 aromatic heterocycles. The average Bonchev–Trinajstić information content (AvgIpc) is 4.19. The Balaban J connectivity index is 0.000000373. The molecule has 0 radical (unpaired) electrons. The Bertz CT molecular complexity index is 2440.